The molecule has 0 heterocycles. The summed E-state index contributed by atoms with van der Waals surface area (Å²) in [4.78, 5) is 9.68. The van der Waals surface area contributed by atoms with Gasteiger partial charge in [-0.05, 0) is 17.7 Å². The lowest BCUT2D eigenvalue weighted by molar-refractivity contribution is 0.615. The van der Waals surface area contributed by atoms with Gasteiger partial charge in [0, 0.05) is 19.1 Å². The zero-order valence-corrected chi connectivity index (χ0v) is 10.6. The first kappa shape index (κ1) is 13.3. The lowest BCUT2D eigenvalue weighted by Gasteiger charge is -2.09. The molecule has 0 bridgehead atoms. The number of aliphatic imine (C=N–C) groups is 2. The lowest BCUT2D eigenvalue weighted by Crippen LogP contribution is -2.32. The summed E-state index contributed by atoms with van der Waals surface area (Å²) in [7, 11) is 3.56. The van der Waals surface area contributed by atoms with E-state index in [1.807, 2.05) is 18.2 Å². The van der Waals surface area contributed by atoms with Crippen LogP contribution in [0.4, 0.5) is 0 Å². The van der Waals surface area contributed by atoms with Crippen LogP contribution in [0.15, 0.2) is 34.3 Å². The third-order valence-corrected chi connectivity index (χ3v) is 2.24. The highest BCUT2D eigenvalue weighted by Crippen LogP contribution is 2.11. The molecule has 1 rings (SSSR count). The van der Waals surface area contributed by atoms with Gasteiger partial charge in [-0.25, -0.2) is 4.99 Å². The van der Waals surface area contributed by atoms with Crippen molar-refractivity contribution in [3.8, 4) is 0 Å². The third kappa shape index (κ3) is 4.74. The van der Waals surface area contributed by atoms with E-state index in [1.165, 1.54) is 0 Å². The fourth-order valence-electron chi connectivity index (χ4n) is 1.06. The van der Waals surface area contributed by atoms with E-state index in [2.05, 4.69) is 9.98 Å². The number of hydrogen-bond donors (Lipinski definition) is 2. The maximum atomic E-state index is 5.85. The summed E-state index contributed by atoms with van der Waals surface area (Å²) >= 11 is 5.85. The Hall–Kier alpha value is -1.75. The third-order valence-electron chi connectivity index (χ3n) is 2.00. The van der Waals surface area contributed by atoms with E-state index >= 15 is 0 Å². The van der Waals surface area contributed by atoms with Crippen molar-refractivity contribution in [2.75, 3.05) is 14.1 Å². The molecule has 0 aliphatic heterocycles. The summed E-state index contributed by atoms with van der Waals surface area (Å²) in [5.41, 5.74) is 12.2. The molecule has 0 atom stereocenters. The summed E-state index contributed by atoms with van der Waals surface area (Å²) in [6.45, 7) is 0.427. The predicted octanol–water partition coefficient (Wildman–Crippen LogP) is 1.03. The van der Waals surface area contributed by atoms with Crippen LogP contribution in [0.25, 0.3) is 0 Å². The number of nitrogens with two attached hydrogens (primary N) is 2. The predicted molar refractivity (Wildman–Crippen MR) is 72.1 cm³/mol. The molecule has 0 unspecified atom stereocenters. The Kier molecular flexibility index (Phi) is 4.78. The second kappa shape index (κ2) is 6.10. The standard InChI is InChI=1S/C11H16ClN5/c1-17(2)11(14)16-10(13)15-7-8-4-3-5-9(12)6-8/h3-6H,7H2,1-2H3,(H4,13,14,15,16). The summed E-state index contributed by atoms with van der Waals surface area (Å²) < 4.78 is 0. The summed E-state index contributed by atoms with van der Waals surface area (Å²) in [6, 6.07) is 7.42. The Morgan fingerprint density at radius 1 is 1.35 bits per heavy atom. The van der Waals surface area contributed by atoms with Crippen molar-refractivity contribution in [2.45, 2.75) is 6.54 Å². The average molecular weight is 254 g/mol. The van der Waals surface area contributed by atoms with Crippen molar-refractivity contribution < 1.29 is 0 Å². The van der Waals surface area contributed by atoms with Crippen molar-refractivity contribution in [1.29, 1.82) is 0 Å². The normalized spacial score (nSPS) is 12.6. The van der Waals surface area contributed by atoms with Gasteiger partial charge in [-0.1, -0.05) is 23.7 Å². The number of hydrogen-bond acceptors (Lipinski definition) is 1. The van der Waals surface area contributed by atoms with Gasteiger partial charge in [-0.15, -0.1) is 0 Å². The summed E-state index contributed by atoms with van der Waals surface area (Å²) in [5, 5.41) is 0.674. The van der Waals surface area contributed by atoms with Crippen LogP contribution in [0, 0.1) is 0 Å². The van der Waals surface area contributed by atoms with Crippen LogP contribution in [0.2, 0.25) is 5.02 Å². The maximum absolute atomic E-state index is 5.85. The van der Waals surface area contributed by atoms with Crippen LogP contribution in [0.1, 0.15) is 5.56 Å². The smallest absolute Gasteiger partial charge is 0.218 e. The monoisotopic (exact) mass is 253 g/mol. The van der Waals surface area contributed by atoms with E-state index in [0.717, 1.165) is 5.56 Å². The zero-order chi connectivity index (χ0) is 12.8. The van der Waals surface area contributed by atoms with Gasteiger partial charge in [0.1, 0.15) is 0 Å². The van der Waals surface area contributed by atoms with Gasteiger partial charge in [0.15, 0.2) is 5.96 Å². The van der Waals surface area contributed by atoms with Crippen LogP contribution in [-0.2, 0) is 6.54 Å². The highest BCUT2D eigenvalue weighted by atomic mass is 35.5. The molecule has 5 nitrogen and oxygen atoms in total. The van der Waals surface area contributed by atoms with Crippen molar-refractivity contribution >= 4 is 23.5 Å². The number of nitrogens with zero attached hydrogens (tertiary/aromatic N) is 3. The summed E-state index contributed by atoms with van der Waals surface area (Å²) in [5.74, 6) is 0.466. The molecular weight excluding hydrogens is 238 g/mol. The van der Waals surface area contributed by atoms with Crippen molar-refractivity contribution in [3.63, 3.8) is 0 Å². The molecule has 1 aromatic rings. The first-order valence-electron chi connectivity index (χ1n) is 5.05. The van der Waals surface area contributed by atoms with Gasteiger partial charge >= 0.3 is 0 Å². The van der Waals surface area contributed by atoms with Crippen molar-refractivity contribution in [1.82, 2.24) is 4.90 Å². The Morgan fingerprint density at radius 2 is 2.06 bits per heavy atom. The van der Waals surface area contributed by atoms with Crippen LogP contribution < -0.4 is 11.5 Å². The molecule has 17 heavy (non-hydrogen) atoms. The van der Waals surface area contributed by atoms with Gasteiger partial charge in [-0.2, -0.15) is 4.99 Å². The minimum atomic E-state index is 0.149. The molecule has 0 aliphatic carbocycles. The molecule has 0 fully saturated rings. The second-order valence-corrected chi connectivity index (χ2v) is 4.11. The van der Waals surface area contributed by atoms with Crippen LogP contribution in [-0.4, -0.2) is 30.9 Å². The van der Waals surface area contributed by atoms with E-state index in [0.29, 0.717) is 17.5 Å². The first-order chi connectivity index (χ1) is 7.99. The Bertz CT molecular complexity index is 439. The largest absolute Gasteiger partial charge is 0.369 e. The molecule has 0 spiro atoms. The van der Waals surface area contributed by atoms with Gasteiger partial charge in [-0.3, -0.25) is 0 Å². The Balaban J connectivity index is 2.68. The SMILES string of the molecule is CN(C)C(N)=NC(N)=NCc1cccc(Cl)c1. The molecule has 1 aromatic carbocycles. The minimum absolute atomic E-state index is 0.149. The van der Waals surface area contributed by atoms with Gasteiger partial charge in [0.05, 0.1) is 6.54 Å². The van der Waals surface area contributed by atoms with Gasteiger partial charge in [0.2, 0.25) is 5.96 Å². The Morgan fingerprint density at radius 3 is 2.65 bits per heavy atom. The fourth-order valence-corrected chi connectivity index (χ4v) is 1.27. The quantitative estimate of drug-likeness (QED) is 0.610. The fraction of sp³-hybridized carbons (Fsp3) is 0.273. The molecule has 4 N–H and O–H groups in total. The van der Waals surface area contributed by atoms with Crippen LogP contribution >= 0.6 is 11.6 Å². The summed E-state index contributed by atoms with van der Waals surface area (Å²) in [6.07, 6.45) is 0. The van der Waals surface area contributed by atoms with Gasteiger partial charge < -0.3 is 16.4 Å². The van der Waals surface area contributed by atoms with E-state index in [-0.39, 0.29) is 5.96 Å². The van der Waals surface area contributed by atoms with E-state index in [4.69, 9.17) is 23.1 Å². The maximum Gasteiger partial charge on any atom is 0.218 e. The molecule has 0 amide bonds. The second-order valence-electron chi connectivity index (χ2n) is 3.67. The molecule has 0 aliphatic rings. The van der Waals surface area contributed by atoms with Crippen molar-refractivity contribution in [2.24, 2.45) is 21.5 Å². The topological polar surface area (TPSA) is 80.0 Å². The average Bonchev–Trinajstić information content (AvgIpc) is 2.26. The number of benzene rings is 1. The highest BCUT2D eigenvalue weighted by molar-refractivity contribution is 6.30. The molecule has 0 saturated heterocycles. The minimum Gasteiger partial charge on any atom is -0.369 e. The van der Waals surface area contributed by atoms with Crippen molar-refractivity contribution in [3.05, 3.63) is 34.9 Å². The zero-order valence-electron chi connectivity index (χ0n) is 9.89. The van der Waals surface area contributed by atoms with E-state index in [1.54, 1.807) is 25.1 Å². The molecule has 92 valence electrons. The van der Waals surface area contributed by atoms with E-state index < -0.39 is 0 Å². The van der Waals surface area contributed by atoms with E-state index in [9.17, 15) is 0 Å². The lowest BCUT2D eigenvalue weighted by atomic mass is 10.2. The molecule has 0 radical (unpaired) electrons. The molecular formula is C11H16ClN5. The first-order valence-corrected chi connectivity index (χ1v) is 5.42. The number of halogens is 1. The molecule has 0 aromatic heterocycles. The van der Waals surface area contributed by atoms with Gasteiger partial charge in [0.25, 0.3) is 0 Å². The van der Waals surface area contributed by atoms with Crippen LogP contribution in [0.5, 0.6) is 0 Å². The molecule has 6 heteroatoms. The molecule has 0 saturated carbocycles. The number of rotatable bonds is 2. The highest BCUT2D eigenvalue weighted by Gasteiger charge is 1.97. The Labute approximate surface area is 106 Å². The van der Waals surface area contributed by atoms with Crippen LogP contribution in [0.3, 0.4) is 0 Å². The number of guanidine groups is 2.